The van der Waals surface area contributed by atoms with Crippen molar-refractivity contribution in [1.82, 2.24) is 10.6 Å². The van der Waals surface area contributed by atoms with Crippen LogP contribution in [-0.2, 0) is 10.9 Å². The molecule has 0 aliphatic carbocycles. The van der Waals surface area contributed by atoms with E-state index in [0.29, 0.717) is 0 Å². The Balaban J connectivity index is 2.89. The molecule has 1 aromatic carbocycles. The zero-order valence-electron chi connectivity index (χ0n) is 12.3. The van der Waals surface area contributed by atoms with E-state index in [0.717, 1.165) is 12.1 Å². The molecule has 0 radical (unpaired) electrons. The molecule has 2 unspecified atom stereocenters. The minimum Gasteiger partial charge on any atom is -0.394 e. The fraction of sp³-hybridized carbons (Fsp3) is 0.500. The van der Waals surface area contributed by atoms with Crippen LogP contribution < -0.4 is 10.6 Å². The zero-order valence-corrected chi connectivity index (χ0v) is 12.3. The second kappa shape index (κ2) is 8.00. The molecular weight excluding hydrogens is 301 g/mol. The monoisotopic (exact) mass is 320 g/mol. The summed E-state index contributed by atoms with van der Waals surface area (Å²) in [7, 11) is 1.39. The molecular formula is C14H19F3N2O3. The van der Waals surface area contributed by atoms with Gasteiger partial charge in [-0.05, 0) is 24.6 Å². The van der Waals surface area contributed by atoms with Crippen molar-refractivity contribution in [3.05, 3.63) is 35.4 Å². The lowest BCUT2D eigenvalue weighted by Crippen LogP contribution is -2.44. The van der Waals surface area contributed by atoms with Crippen LogP contribution in [0.5, 0.6) is 0 Å². The maximum Gasteiger partial charge on any atom is 0.416 e. The lowest BCUT2D eigenvalue weighted by Gasteiger charge is -2.21. The molecule has 0 aliphatic rings. The van der Waals surface area contributed by atoms with E-state index in [1.54, 1.807) is 6.92 Å². The molecule has 5 nitrogen and oxygen atoms in total. The first-order chi connectivity index (χ1) is 10.3. The summed E-state index contributed by atoms with van der Waals surface area (Å²) in [4.78, 5) is 11.7. The van der Waals surface area contributed by atoms with Gasteiger partial charge in [0.15, 0.2) is 0 Å². The molecule has 0 saturated heterocycles. The van der Waals surface area contributed by atoms with E-state index in [2.05, 4.69) is 10.6 Å². The number of rotatable bonds is 6. The SMILES string of the molecule is COCC(NC(=O)NC(C)CO)c1cccc(C(F)(F)F)c1. The highest BCUT2D eigenvalue weighted by Crippen LogP contribution is 2.30. The second-order valence-corrected chi connectivity index (χ2v) is 4.83. The van der Waals surface area contributed by atoms with Gasteiger partial charge in [0.1, 0.15) is 0 Å². The number of hydrogen-bond donors (Lipinski definition) is 3. The summed E-state index contributed by atoms with van der Waals surface area (Å²) in [6, 6.07) is 2.88. The van der Waals surface area contributed by atoms with Crippen LogP contribution in [0.4, 0.5) is 18.0 Å². The number of aliphatic hydroxyl groups is 1. The Kier molecular flexibility index (Phi) is 6.63. The van der Waals surface area contributed by atoms with E-state index in [1.165, 1.54) is 19.2 Å². The van der Waals surface area contributed by atoms with Gasteiger partial charge in [0.25, 0.3) is 0 Å². The van der Waals surface area contributed by atoms with Gasteiger partial charge in [-0.2, -0.15) is 13.2 Å². The van der Waals surface area contributed by atoms with Crippen molar-refractivity contribution in [1.29, 1.82) is 0 Å². The summed E-state index contributed by atoms with van der Waals surface area (Å²) >= 11 is 0. The Hall–Kier alpha value is -1.80. The molecule has 0 saturated carbocycles. The Morgan fingerprint density at radius 1 is 1.36 bits per heavy atom. The predicted octanol–water partition coefficient (Wildman–Crippen LogP) is 2.07. The van der Waals surface area contributed by atoms with Crippen molar-refractivity contribution in [3.8, 4) is 0 Å². The number of alkyl halides is 3. The summed E-state index contributed by atoms with van der Waals surface area (Å²) in [6.45, 7) is 1.36. The third-order valence-corrected chi connectivity index (χ3v) is 2.91. The van der Waals surface area contributed by atoms with Gasteiger partial charge in [0.2, 0.25) is 0 Å². The molecule has 0 aromatic heterocycles. The summed E-state index contributed by atoms with van der Waals surface area (Å²) in [5.74, 6) is 0. The number of carbonyl (C=O) groups excluding carboxylic acids is 1. The summed E-state index contributed by atoms with van der Waals surface area (Å²) in [5.41, 5.74) is -0.513. The van der Waals surface area contributed by atoms with Gasteiger partial charge in [-0.3, -0.25) is 0 Å². The topological polar surface area (TPSA) is 70.6 Å². The van der Waals surface area contributed by atoms with Crippen LogP contribution in [0.3, 0.4) is 0 Å². The number of carbonyl (C=O) groups is 1. The van der Waals surface area contributed by atoms with E-state index in [9.17, 15) is 18.0 Å². The van der Waals surface area contributed by atoms with Crippen LogP contribution >= 0.6 is 0 Å². The zero-order chi connectivity index (χ0) is 16.8. The average Bonchev–Trinajstić information content (AvgIpc) is 2.46. The lowest BCUT2D eigenvalue weighted by atomic mass is 10.0. The van der Waals surface area contributed by atoms with Crippen molar-refractivity contribution in [3.63, 3.8) is 0 Å². The first kappa shape index (κ1) is 18.2. The fourth-order valence-electron chi connectivity index (χ4n) is 1.79. The molecule has 0 spiro atoms. The molecule has 2 atom stereocenters. The van der Waals surface area contributed by atoms with Crippen LogP contribution in [0.25, 0.3) is 0 Å². The average molecular weight is 320 g/mol. The van der Waals surface area contributed by atoms with Crippen LogP contribution in [0, 0.1) is 0 Å². The third kappa shape index (κ3) is 5.53. The molecule has 3 N–H and O–H groups in total. The van der Waals surface area contributed by atoms with Gasteiger partial charge in [0, 0.05) is 7.11 Å². The van der Waals surface area contributed by atoms with Crippen LogP contribution in [0.2, 0.25) is 0 Å². The molecule has 124 valence electrons. The molecule has 1 aromatic rings. The first-order valence-corrected chi connectivity index (χ1v) is 6.62. The molecule has 1 rings (SSSR count). The van der Waals surface area contributed by atoms with E-state index in [-0.39, 0.29) is 18.8 Å². The van der Waals surface area contributed by atoms with E-state index in [1.807, 2.05) is 0 Å². The number of benzene rings is 1. The molecule has 0 bridgehead atoms. The van der Waals surface area contributed by atoms with Gasteiger partial charge >= 0.3 is 12.2 Å². The number of urea groups is 1. The van der Waals surface area contributed by atoms with Gasteiger partial charge < -0.3 is 20.5 Å². The first-order valence-electron chi connectivity index (χ1n) is 6.62. The van der Waals surface area contributed by atoms with Gasteiger partial charge in [-0.25, -0.2) is 4.79 Å². The van der Waals surface area contributed by atoms with Crippen molar-refractivity contribution >= 4 is 6.03 Å². The van der Waals surface area contributed by atoms with Crippen LogP contribution in [0.1, 0.15) is 24.1 Å². The summed E-state index contributed by atoms with van der Waals surface area (Å²) in [5, 5.41) is 13.9. The van der Waals surface area contributed by atoms with Gasteiger partial charge in [-0.1, -0.05) is 12.1 Å². The Bertz CT molecular complexity index is 494. The number of ether oxygens (including phenoxy) is 1. The summed E-state index contributed by atoms with van der Waals surface area (Å²) < 4.78 is 43.2. The maximum atomic E-state index is 12.7. The number of amides is 2. The highest BCUT2D eigenvalue weighted by atomic mass is 19.4. The predicted molar refractivity (Wildman–Crippen MR) is 74.3 cm³/mol. The molecule has 0 heterocycles. The Labute approximate surface area is 126 Å². The van der Waals surface area contributed by atoms with Gasteiger partial charge in [-0.15, -0.1) is 0 Å². The van der Waals surface area contributed by atoms with Crippen molar-refractivity contribution in [2.75, 3.05) is 20.3 Å². The highest BCUT2D eigenvalue weighted by Gasteiger charge is 2.31. The standard InChI is InChI=1S/C14H19F3N2O3/c1-9(7-20)18-13(21)19-12(8-22-2)10-4-3-5-11(6-10)14(15,16)17/h3-6,9,12,20H,7-8H2,1-2H3,(H2,18,19,21). The minimum atomic E-state index is -4.46. The Morgan fingerprint density at radius 2 is 2.05 bits per heavy atom. The van der Waals surface area contributed by atoms with Crippen molar-refractivity contribution < 1.29 is 27.8 Å². The van der Waals surface area contributed by atoms with E-state index < -0.39 is 29.9 Å². The molecule has 0 aliphatic heterocycles. The van der Waals surface area contributed by atoms with E-state index in [4.69, 9.17) is 9.84 Å². The summed E-state index contributed by atoms with van der Waals surface area (Å²) in [6.07, 6.45) is -4.46. The van der Waals surface area contributed by atoms with Crippen molar-refractivity contribution in [2.45, 2.75) is 25.2 Å². The number of aliphatic hydroxyl groups excluding tert-OH is 1. The number of methoxy groups -OCH3 is 1. The number of nitrogens with one attached hydrogen (secondary N) is 2. The molecule has 22 heavy (non-hydrogen) atoms. The number of halogens is 3. The minimum absolute atomic E-state index is 0.0161. The lowest BCUT2D eigenvalue weighted by molar-refractivity contribution is -0.137. The van der Waals surface area contributed by atoms with E-state index >= 15 is 0 Å². The number of hydrogen-bond acceptors (Lipinski definition) is 3. The van der Waals surface area contributed by atoms with Crippen molar-refractivity contribution in [2.24, 2.45) is 0 Å². The third-order valence-electron chi connectivity index (χ3n) is 2.91. The highest BCUT2D eigenvalue weighted by molar-refractivity contribution is 5.74. The normalized spacial score (nSPS) is 14.3. The Morgan fingerprint density at radius 3 is 2.59 bits per heavy atom. The second-order valence-electron chi connectivity index (χ2n) is 4.83. The quantitative estimate of drug-likeness (QED) is 0.751. The molecule has 2 amide bonds. The van der Waals surface area contributed by atoms with Gasteiger partial charge in [0.05, 0.1) is 30.9 Å². The van der Waals surface area contributed by atoms with Crippen LogP contribution in [-0.4, -0.2) is 37.5 Å². The molecule has 8 heteroatoms. The fourth-order valence-corrected chi connectivity index (χ4v) is 1.79. The van der Waals surface area contributed by atoms with Crippen LogP contribution in [0.15, 0.2) is 24.3 Å². The maximum absolute atomic E-state index is 12.7. The largest absolute Gasteiger partial charge is 0.416 e. The molecule has 0 fully saturated rings. The smallest absolute Gasteiger partial charge is 0.394 e.